The van der Waals surface area contributed by atoms with Crippen LogP contribution in [-0.4, -0.2) is 37.2 Å². The molecule has 0 aliphatic carbocycles. The standard InChI is InChI=1S/C59H92O6/c1-4-7-10-13-16-19-22-25-27-29-30-32-34-37-40-43-46-49-52-58(61)64-55-56(54-63-57(60)51-48-45-42-39-36-33-24-21-18-15-12-9-6-3)65-59(62)53-50-47-44-41-38-35-31-28-26-23-20-17-14-11-8-5-2/h8-13,15-22,24-30,32,56H,4-7,14,23,31,33-55H2,1-3H3/b11-8-,12-9-,13-10-,18-15-,19-16-,20-17-,24-21-,25-22-,28-26-,29-27-,32-30-. The number of carbonyl (C=O) groups excluding carboxylic acids is 3. The van der Waals surface area contributed by atoms with Crippen molar-refractivity contribution in [2.75, 3.05) is 13.2 Å². The Morgan fingerprint density at radius 3 is 1.12 bits per heavy atom. The van der Waals surface area contributed by atoms with Crippen LogP contribution in [0.3, 0.4) is 0 Å². The van der Waals surface area contributed by atoms with Crippen molar-refractivity contribution >= 4 is 17.9 Å². The van der Waals surface area contributed by atoms with Gasteiger partial charge >= 0.3 is 17.9 Å². The lowest BCUT2D eigenvalue weighted by molar-refractivity contribution is -0.167. The lowest BCUT2D eigenvalue weighted by Gasteiger charge is -2.18. The van der Waals surface area contributed by atoms with Gasteiger partial charge in [0.05, 0.1) is 0 Å². The molecule has 0 spiro atoms. The van der Waals surface area contributed by atoms with E-state index in [1.54, 1.807) is 0 Å². The van der Waals surface area contributed by atoms with Crippen LogP contribution in [0.4, 0.5) is 0 Å². The summed E-state index contributed by atoms with van der Waals surface area (Å²) in [7, 11) is 0. The second-order valence-electron chi connectivity index (χ2n) is 16.5. The first kappa shape index (κ1) is 60.5. The molecule has 1 unspecified atom stereocenters. The Hall–Kier alpha value is -4.45. The van der Waals surface area contributed by atoms with Crippen LogP contribution in [0.15, 0.2) is 134 Å². The highest BCUT2D eigenvalue weighted by Gasteiger charge is 2.19. The van der Waals surface area contributed by atoms with Gasteiger partial charge in [0, 0.05) is 19.3 Å². The van der Waals surface area contributed by atoms with Crippen molar-refractivity contribution < 1.29 is 28.6 Å². The summed E-state index contributed by atoms with van der Waals surface area (Å²) < 4.78 is 16.8. The summed E-state index contributed by atoms with van der Waals surface area (Å²) in [5.41, 5.74) is 0. The maximum absolute atomic E-state index is 12.8. The Morgan fingerprint density at radius 1 is 0.338 bits per heavy atom. The molecule has 0 aromatic carbocycles. The normalized spacial score (nSPS) is 13.2. The molecule has 0 aliphatic heterocycles. The van der Waals surface area contributed by atoms with E-state index in [1.165, 1.54) is 19.3 Å². The fourth-order valence-electron chi connectivity index (χ4n) is 6.48. The molecule has 1 atom stereocenters. The average molecular weight is 897 g/mol. The quantitative estimate of drug-likeness (QED) is 0.0199. The smallest absolute Gasteiger partial charge is 0.306 e. The predicted octanol–water partition coefficient (Wildman–Crippen LogP) is 17.1. The third-order valence-corrected chi connectivity index (χ3v) is 10.3. The van der Waals surface area contributed by atoms with Crippen molar-refractivity contribution in [3.63, 3.8) is 0 Å². The monoisotopic (exact) mass is 897 g/mol. The summed E-state index contributed by atoms with van der Waals surface area (Å²) in [6.07, 6.45) is 72.8. The van der Waals surface area contributed by atoms with Gasteiger partial charge < -0.3 is 14.2 Å². The first-order valence-electron chi connectivity index (χ1n) is 25.8. The fraction of sp³-hybridized carbons (Fsp3) is 0.576. The van der Waals surface area contributed by atoms with Crippen LogP contribution in [0.5, 0.6) is 0 Å². The van der Waals surface area contributed by atoms with E-state index in [1.807, 2.05) is 36.5 Å². The number of allylic oxidation sites excluding steroid dienone is 22. The van der Waals surface area contributed by atoms with Crippen LogP contribution in [0.25, 0.3) is 0 Å². The highest BCUT2D eigenvalue weighted by atomic mass is 16.6. The average Bonchev–Trinajstić information content (AvgIpc) is 3.30. The Morgan fingerprint density at radius 2 is 0.677 bits per heavy atom. The summed E-state index contributed by atoms with van der Waals surface area (Å²) in [6.45, 7) is 6.23. The summed E-state index contributed by atoms with van der Waals surface area (Å²) in [6, 6.07) is 0. The number of hydrogen-bond donors (Lipinski definition) is 0. The zero-order valence-corrected chi connectivity index (χ0v) is 41.4. The minimum absolute atomic E-state index is 0.108. The van der Waals surface area contributed by atoms with Gasteiger partial charge in [-0.1, -0.05) is 225 Å². The van der Waals surface area contributed by atoms with Crippen LogP contribution in [0.1, 0.15) is 201 Å². The van der Waals surface area contributed by atoms with E-state index in [4.69, 9.17) is 14.2 Å². The topological polar surface area (TPSA) is 78.9 Å². The molecule has 0 heterocycles. The number of rotatable bonds is 44. The van der Waals surface area contributed by atoms with E-state index in [9.17, 15) is 14.4 Å². The summed E-state index contributed by atoms with van der Waals surface area (Å²) in [5, 5.41) is 0. The molecule has 6 nitrogen and oxygen atoms in total. The van der Waals surface area contributed by atoms with Gasteiger partial charge in [-0.15, -0.1) is 0 Å². The van der Waals surface area contributed by atoms with Crippen LogP contribution in [-0.2, 0) is 28.6 Å². The van der Waals surface area contributed by atoms with E-state index in [2.05, 4.69) is 118 Å². The maximum atomic E-state index is 12.8. The van der Waals surface area contributed by atoms with Gasteiger partial charge in [-0.25, -0.2) is 0 Å². The Kier molecular flexibility index (Phi) is 48.6. The highest BCUT2D eigenvalue weighted by molar-refractivity contribution is 5.71. The minimum Gasteiger partial charge on any atom is -0.462 e. The molecule has 0 bridgehead atoms. The SMILES string of the molecule is CC\C=C/C=C\C=C/CCCCCCCC(=O)OCC(COC(=O)CCCCCCC\C=C/C=C\C=C/C=C\C=C/CCC)OC(=O)CCCCCCCC/C=C\C/C=C\C/C=C\CC. The van der Waals surface area contributed by atoms with Crippen molar-refractivity contribution in [1.82, 2.24) is 0 Å². The first-order valence-corrected chi connectivity index (χ1v) is 25.8. The van der Waals surface area contributed by atoms with Gasteiger partial charge in [-0.05, 0) is 89.9 Å². The summed E-state index contributed by atoms with van der Waals surface area (Å²) in [5.74, 6) is -0.975. The van der Waals surface area contributed by atoms with E-state index in [-0.39, 0.29) is 31.1 Å². The molecule has 6 heteroatoms. The van der Waals surface area contributed by atoms with Crippen LogP contribution in [0, 0.1) is 0 Å². The molecule has 0 amide bonds. The summed E-state index contributed by atoms with van der Waals surface area (Å²) >= 11 is 0. The van der Waals surface area contributed by atoms with E-state index < -0.39 is 6.10 Å². The molecule has 0 fully saturated rings. The Balaban J connectivity index is 4.52. The van der Waals surface area contributed by atoms with Crippen molar-refractivity contribution in [2.24, 2.45) is 0 Å². The van der Waals surface area contributed by atoms with Crippen molar-refractivity contribution in [1.29, 1.82) is 0 Å². The van der Waals surface area contributed by atoms with Gasteiger partial charge in [0.2, 0.25) is 0 Å². The number of ether oxygens (including phenoxy) is 3. The molecule has 65 heavy (non-hydrogen) atoms. The molecule has 0 N–H and O–H groups in total. The molecule has 364 valence electrons. The molecular formula is C59H92O6. The molecule has 0 saturated heterocycles. The van der Waals surface area contributed by atoms with E-state index >= 15 is 0 Å². The zero-order chi connectivity index (χ0) is 47.2. The number of carbonyl (C=O) groups is 3. The molecule has 0 radical (unpaired) electrons. The zero-order valence-electron chi connectivity index (χ0n) is 41.4. The molecule has 0 rings (SSSR count). The number of esters is 3. The van der Waals surface area contributed by atoms with Crippen molar-refractivity contribution in [2.45, 2.75) is 207 Å². The maximum Gasteiger partial charge on any atom is 0.306 e. The first-order chi connectivity index (χ1) is 32.0. The van der Waals surface area contributed by atoms with Gasteiger partial charge in [-0.2, -0.15) is 0 Å². The van der Waals surface area contributed by atoms with Gasteiger partial charge in [0.15, 0.2) is 6.10 Å². The lowest BCUT2D eigenvalue weighted by Crippen LogP contribution is -2.30. The van der Waals surface area contributed by atoms with E-state index in [0.717, 1.165) is 141 Å². The Bertz CT molecular complexity index is 1450. The molecule has 0 aromatic heterocycles. The van der Waals surface area contributed by atoms with E-state index in [0.29, 0.717) is 19.3 Å². The van der Waals surface area contributed by atoms with Crippen LogP contribution < -0.4 is 0 Å². The van der Waals surface area contributed by atoms with Crippen molar-refractivity contribution in [3.05, 3.63) is 134 Å². The van der Waals surface area contributed by atoms with Crippen LogP contribution >= 0.6 is 0 Å². The van der Waals surface area contributed by atoms with Gasteiger partial charge in [0.1, 0.15) is 13.2 Å². The summed E-state index contributed by atoms with van der Waals surface area (Å²) in [4.78, 5) is 38.0. The number of hydrogen-bond acceptors (Lipinski definition) is 6. The lowest BCUT2D eigenvalue weighted by atomic mass is 10.1. The van der Waals surface area contributed by atoms with Crippen molar-refractivity contribution in [3.8, 4) is 0 Å². The molecular weight excluding hydrogens is 805 g/mol. The highest BCUT2D eigenvalue weighted by Crippen LogP contribution is 2.13. The second-order valence-corrected chi connectivity index (χ2v) is 16.5. The molecule has 0 aliphatic rings. The third-order valence-electron chi connectivity index (χ3n) is 10.3. The number of unbranched alkanes of at least 4 members (excludes halogenated alkanes) is 17. The predicted molar refractivity (Wildman–Crippen MR) is 279 cm³/mol. The van der Waals surface area contributed by atoms with Gasteiger partial charge in [0.25, 0.3) is 0 Å². The van der Waals surface area contributed by atoms with Gasteiger partial charge in [-0.3, -0.25) is 14.4 Å². The third kappa shape index (κ3) is 50.4. The van der Waals surface area contributed by atoms with Crippen LogP contribution in [0.2, 0.25) is 0 Å². The minimum atomic E-state index is -0.809. The molecule has 0 aromatic rings. The largest absolute Gasteiger partial charge is 0.462 e. The second kappa shape index (κ2) is 52.2. The molecule has 0 saturated carbocycles. The Labute approximate surface area is 398 Å². The fourth-order valence-corrected chi connectivity index (χ4v) is 6.48.